The van der Waals surface area contributed by atoms with Crippen molar-refractivity contribution in [2.75, 3.05) is 44.2 Å². The van der Waals surface area contributed by atoms with E-state index in [0.717, 1.165) is 45.7 Å². The van der Waals surface area contributed by atoms with Crippen LogP contribution in [-0.4, -0.2) is 49.2 Å². The summed E-state index contributed by atoms with van der Waals surface area (Å²) in [6.45, 7) is 10.6. The average molecular weight is 304 g/mol. The predicted molar refractivity (Wildman–Crippen MR) is 91.4 cm³/mol. The molecule has 0 unspecified atom stereocenters. The van der Waals surface area contributed by atoms with E-state index in [-0.39, 0.29) is 0 Å². The van der Waals surface area contributed by atoms with Gasteiger partial charge in [-0.25, -0.2) is 4.98 Å². The summed E-state index contributed by atoms with van der Waals surface area (Å²) in [6, 6.07) is 4.37. The number of anilines is 1. The van der Waals surface area contributed by atoms with Gasteiger partial charge in [0.1, 0.15) is 0 Å². The summed E-state index contributed by atoms with van der Waals surface area (Å²) in [4.78, 5) is 9.83. The van der Waals surface area contributed by atoms with Crippen LogP contribution in [0.1, 0.15) is 17.5 Å². The Morgan fingerprint density at radius 2 is 1.86 bits per heavy atom. The molecule has 0 radical (unpaired) electrons. The highest BCUT2D eigenvalue weighted by atomic mass is 32.1. The summed E-state index contributed by atoms with van der Waals surface area (Å²) in [7, 11) is 0. The van der Waals surface area contributed by atoms with E-state index in [0.29, 0.717) is 0 Å². The van der Waals surface area contributed by atoms with E-state index in [1.54, 1.807) is 0 Å². The van der Waals surface area contributed by atoms with Crippen LogP contribution in [0.25, 0.3) is 10.2 Å². The predicted octanol–water partition coefficient (Wildman–Crippen LogP) is 2.38. The Hall–Kier alpha value is -1.17. The zero-order valence-electron chi connectivity index (χ0n) is 12.9. The van der Waals surface area contributed by atoms with Crippen LogP contribution in [0, 0.1) is 13.8 Å². The number of hydrogen-bond acceptors (Lipinski definition) is 5. The zero-order chi connectivity index (χ0) is 14.8. The smallest absolute Gasteiger partial charge is 0.186 e. The lowest BCUT2D eigenvalue weighted by atomic mass is 10.1. The van der Waals surface area contributed by atoms with Crippen LogP contribution in [0.2, 0.25) is 0 Å². The molecule has 1 aromatic carbocycles. The van der Waals surface area contributed by atoms with Gasteiger partial charge in [0.25, 0.3) is 0 Å². The fourth-order valence-electron chi connectivity index (χ4n) is 2.86. The number of hydrogen-bond donors (Lipinski definition) is 1. The van der Waals surface area contributed by atoms with Gasteiger partial charge < -0.3 is 10.6 Å². The van der Waals surface area contributed by atoms with Gasteiger partial charge in [-0.2, -0.15) is 0 Å². The number of nitrogens with two attached hydrogens (primary N) is 1. The molecule has 0 saturated carbocycles. The second kappa shape index (κ2) is 6.30. The van der Waals surface area contributed by atoms with Gasteiger partial charge in [-0.1, -0.05) is 23.5 Å². The maximum absolute atomic E-state index is 5.59. The van der Waals surface area contributed by atoms with Crippen molar-refractivity contribution >= 4 is 26.7 Å². The van der Waals surface area contributed by atoms with Crippen LogP contribution in [0.5, 0.6) is 0 Å². The first-order chi connectivity index (χ1) is 10.2. The highest BCUT2D eigenvalue weighted by Gasteiger charge is 2.20. The van der Waals surface area contributed by atoms with Crippen LogP contribution < -0.4 is 10.6 Å². The highest BCUT2D eigenvalue weighted by molar-refractivity contribution is 7.22. The number of piperazine rings is 1. The largest absolute Gasteiger partial charge is 0.345 e. The van der Waals surface area contributed by atoms with Crippen LogP contribution in [0.3, 0.4) is 0 Å². The molecule has 5 heteroatoms. The molecule has 0 spiro atoms. The molecule has 1 saturated heterocycles. The molecule has 114 valence electrons. The van der Waals surface area contributed by atoms with Gasteiger partial charge in [-0.05, 0) is 44.5 Å². The Labute approximate surface area is 130 Å². The Morgan fingerprint density at radius 3 is 2.52 bits per heavy atom. The van der Waals surface area contributed by atoms with Crippen LogP contribution in [0.4, 0.5) is 5.13 Å². The molecule has 0 amide bonds. The van der Waals surface area contributed by atoms with Crippen molar-refractivity contribution in [1.29, 1.82) is 0 Å². The van der Waals surface area contributed by atoms with Gasteiger partial charge >= 0.3 is 0 Å². The summed E-state index contributed by atoms with van der Waals surface area (Å²) in [6.07, 6.45) is 1.10. The lowest BCUT2D eigenvalue weighted by Crippen LogP contribution is -2.46. The third-order valence-electron chi connectivity index (χ3n) is 4.25. The third kappa shape index (κ3) is 3.05. The Bertz CT molecular complexity index is 575. The molecule has 1 aliphatic heterocycles. The molecule has 1 aromatic heterocycles. The van der Waals surface area contributed by atoms with Crippen LogP contribution in [-0.2, 0) is 0 Å². The molecule has 1 fully saturated rings. The van der Waals surface area contributed by atoms with Crippen molar-refractivity contribution in [3.05, 3.63) is 23.3 Å². The van der Waals surface area contributed by atoms with Crippen molar-refractivity contribution in [2.45, 2.75) is 20.3 Å². The molecule has 0 atom stereocenters. The topological polar surface area (TPSA) is 45.4 Å². The van der Waals surface area contributed by atoms with E-state index < -0.39 is 0 Å². The summed E-state index contributed by atoms with van der Waals surface area (Å²) in [5, 5.41) is 1.18. The van der Waals surface area contributed by atoms with Gasteiger partial charge in [-0.15, -0.1) is 0 Å². The summed E-state index contributed by atoms with van der Waals surface area (Å²) < 4.78 is 1.34. The lowest BCUT2D eigenvalue weighted by molar-refractivity contribution is 0.256. The molecular weight excluding hydrogens is 280 g/mol. The van der Waals surface area contributed by atoms with Crippen molar-refractivity contribution in [1.82, 2.24) is 9.88 Å². The first-order valence-electron chi connectivity index (χ1n) is 7.73. The van der Waals surface area contributed by atoms with Crippen molar-refractivity contribution < 1.29 is 0 Å². The number of rotatable bonds is 4. The first-order valence-corrected chi connectivity index (χ1v) is 8.55. The molecule has 0 bridgehead atoms. The Morgan fingerprint density at radius 1 is 1.14 bits per heavy atom. The summed E-state index contributed by atoms with van der Waals surface area (Å²) in [5.41, 5.74) is 9.38. The highest BCUT2D eigenvalue weighted by Crippen LogP contribution is 2.33. The molecule has 3 rings (SSSR count). The second-order valence-electron chi connectivity index (χ2n) is 5.84. The van der Waals surface area contributed by atoms with E-state index in [1.165, 1.54) is 26.5 Å². The van der Waals surface area contributed by atoms with Gasteiger partial charge in [-0.3, -0.25) is 4.90 Å². The standard InChI is InChI=1S/C16H24N4S/c1-12-4-5-13(2)15-14(12)18-16(21-15)20-10-8-19(9-11-20)7-3-6-17/h4-5H,3,6-11,17H2,1-2H3. The first kappa shape index (κ1) is 14.8. The maximum atomic E-state index is 5.59. The minimum atomic E-state index is 0.788. The van der Waals surface area contributed by atoms with Gasteiger partial charge in [0.15, 0.2) is 5.13 Å². The fourth-order valence-corrected chi connectivity index (χ4v) is 4.02. The monoisotopic (exact) mass is 304 g/mol. The molecule has 0 aliphatic carbocycles. The SMILES string of the molecule is Cc1ccc(C)c2sc(N3CCN(CCCN)CC3)nc12. The maximum Gasteiger partial charge on any atom is 0.186 e. The van der Waals surface area contributed by atoms with E-state index in [4.69, 9.17) is 10.7 Å². The lowest BCUT2D eigenvalue weighted by Gasteiger charge is -2.34. The molecule has 21 heavy (non-hydrogen) atoms. The minimum absolute atomic E-state index is 0.788. The number of benzene rings is 1. The summed E-state index contributed by atoms with van der Waals surface area (Å²) >= 11 is 1.84. The number of nitrogens with zero attached hydrogens (tertiary/aromatic N) is 3. The summed E-state index contributed by atoms with van der Waals surface area (Å²) in [5.74, 6) is 0. The van der Waals surface area contributed by atoms with Gasteiger partial charge in [0, 0.05) is 26.2 Å². The van der Waals surface area contributed by atoms with Crippen molar-refractivity contribution in [3.63, 3.8) is 0 Å². The zero-order valence-corrected chi connectivity index (χ0v) is 13.7. The van der Waals surface area contributed by atoms with Crippen LogP contribution >= 0.6 is 11.3 Å². The average Bonchev–Trinajstić information content (AvgIpc) is 2.96. The fraction of sp³-hybridized carbons (Fsp3) is 0.562. The van der Waals surface area contributed by atoms with Crippen molar-refractivity contribution in [3.8, 4) is 0 Å². The second-order valence-corrected chi connectivity index (χ2v) is 6.82. The molecule has 1 aliphatic rings. The minimum Gasteiger partial charge on any atom is -0.345 e. The van der Waals surface area contributed by atoms with E-state index >= 15 is 0 Å². The molecule has 2 aromatic rings. The quantitative estimate of drug-likeness (QED) is 0.942. The number of thiazole rings is 1. The van der Waals surface area contributed by atoms with Crippen molar-refractivity contribution in [2.24, 2.45) is 5.73 Å². The molecule has 2 heterocycles. The Kier molecular flexibility index (Phi) is 4.42. The molecule has 4 nitrogen and oxygen atoms in total. The normalized spacial score (nSPS) is 16.8. The Balaban J connectivity index is 1.74. The van der Waals surface area contributed by atoms with Gasteiger partial charge in [0.05, 0.1) is 10.2 Å². The van der Waals surface area contributed by atoms with Gasteiger partial charge in [0.2, 0.25) is 0 Å². The third-order valence-corrected chi connectivity index (χ3v) is 5.50. The van der Waals surface area contributed by atoms with Crippen LogP contribution in [0.15, 0.2) is 12.1 Å². The van der Waals surface area contributed by atoms with E-state index in [9.17, 15) is 0 Å². The number of aromatic nitrogens is 1. The van der Waals surface area contributed by atoms with E-state index in [1.807, 2.05) is 11.3 Å². The molecular formula is C16H24N4S. The number of aryl methyl sites for hydroxylation is 2. The van der Waals surface area contributed by atoms with E-state index in [2.05, 4.69) is 35.8 Å². The molecule has 2 N–H and O–H groups in total. The number of fused-ring (bicyclic) bond motifs is 1.